The van der Waals surface area contributed by atoms with E-state index in [1.165, 1.54) is 19.3 Å². The van der Waals surface area contributed by atoms with Crippen LogP contribution in [-0.4, -0.2) is 60.6 Å². The summed E-state index contributed by atoms with van der Waals surface area (Å²) in [5, 5.41) is 12.0. The Morgan fingerprint density at radius 1 is 1.04 bits per heavy atom. The predicted molar refractivity (Wildman–Crippen MR) is 97.1 cm³/mol. The Morgan fingerprint density at radius 3 is 2.40 bits per heavy atom. The lowest BCUT2D eigenvalue weighted by Gasteiger charge is -2.32. The molecule has 0 atom stereocenters. The predicted octanol–water partition coefficient (Wildman–Crippen LogP) is 1.96. The van der Waals surface area contributed by atoms with Gasteiger partial charge in [0.1, 0.15) is 0 Å². The highest BCUT2D eigenvalue weighted by atomic mass is 16.4. The number of amides is 1. The number of carboxylic acid groups (broad SMARTS) is 1. The number of likely N-dealkylation sites (tertiary alicyclic amines) is 1. The van der Waals surface area contributed by atoms with Gasteiger partial charge in [0.15, 0.2) is 0 Å². The van der Waals surface area contributed by atoms with Gasteiger partial charge in [-0.15, -0.1) is 0 Å². The molecule has 1 aromatic carbocycles. The fourth-order valence-corrected chi connectivity index (χ4v) is 3.77. The van der Waals surface area contributed by atoms with Gasteiger partial charge in [0.05, 0.1) is 12.1 Å². The molecule has 0 spiro atoms. The Hall–Kier alpha value is -2.08. The molecule has 25 heavy (non-hydrogen) atoms. The van der Waals surface area contributed by atoms with Crippen molar-refractivity contribution in [1.82, 2.24) is 10.2 Å². The van der Waals surface area contributed by atoms with E-state index in [0.29, 0.717) is 13.1 Å². The van der Waals surface area contributed by atoms with Gasteiger partial charge in [0.25, 0.3) is 5.91 Å². The first-order chi connectivity index (χ1) is 12.1. The molecule has 6 nitrogen and oxygen atoms in total. The average Bonchev–Trinajstić information content (AvgIpc) is 2.63. The van der Waals surface area contributed by atoms with E-state index in [1.54, 1.807) is 0 Å². The molecule has 2 aliphatic rings. The first kappa shape index (κ1) is 17.7. The van der Waals surface area contributed by atoms with Crippen LogP contribution in [0, 0.1) is 0 Å². The third-order valence-corrected chi connectivity index (χ3v) is 5.13. The van der Waals surface area contributed by atoms with E-state index in [1.807, 2.05) is 29.2 Å². The Balaban J connectivity index is 1.59. The lowest BCUT2D eigenvalue weighted by Crippen LogP contribution is -2.46. The van der Waals surface area contributed by atoms with Crippen molar-refractivity contribution in [3.05, 3.63) is 29.8 Å². The van der Waals surface area contributed by atoms with Crippen molar-refractivity contribution in [1.29, 1.82) is 0 Å². The molecule has 1 amide bonds. The zero-order valence-corrected chi connectivity index (χ0v) is 14.6. The van der Waals surface area contributed by atoms with Crippen LogP contribution in [0.15, 0.2) is 24.3 Å². The first-order valence-corrected chi connectivity index (χ1v) is 9.22. The van der Waals surface area contributed by atoms with Crippen molar-refractivity contribution < 1.29 is 14.7 Å². The van der Waals surface area contributed by atoms with E-state index < -0.39 is 5.97 Å². The molecule has 2 aliphatic heterocycles. The maximum absolute atomic E-state index is 12.8. The van der Waals surface area contributed by atoms with Crippen molar-refractivity contribution in [2.24, 2.45) is 0 Å². The molecule has 0 radical (unpaired) electrons. The summed E-state index contributed by atoms with van der Waals surface area (Å²) >= 11 is 0. The Morgan fingerprint density at radius 2 is 1.72 bits per heavy atom. The number of piperidine rings is 2. The zero-order chi connectivity index (χ0) is 17.6. The number of aliphatic carboxylic acids is 1. The second kappa shape index (κ2) is 8.34. The van der Waals surface area contributed by atoms with Crippen molar-refractivity contribution >= 4 is 17.6 Å². The molecule has 2 fully saturated rings. The lowest BCUT2D eigenvalue weighted by atomic mass is 10.0. The van der Waals surface area contributed by atoms with Crippen LogP contribution in [0.1, 0.15) is 42.5 Å². The summed E-state index contributed by atoms with van der Waals surface area (Å²) in [4.78, 5) is 27.8. The van der Waals surface area contributed by atoms with E-state index >= 15 is 0 Å². The van der Waals surface area contributed by atoms with Crippen LogP contribution in [0.3, 0.4) is 0 Å². The molecule has 1 aromatic rings. The molecule has 0 aliphatic carbocycles. The van der Waals surface area contributed by atoms with Gasteiger partial charge in [-0.05, 0) is 44.2 Å². The van der Waals surface area contributed by atoms with E-state index in [2.05, 4.69) is 10.2 Å². The van der Waals surface area contributed by atoms with Crippen LogP contribution in [0.2, 0.25) is 0 Å². The molecular formula is C19H27N3O3. The van der Waals surface area contributed by atoms with E-state index in [0.717, 1.165) is 37.2 Å². The smallest absolute Gasteiger partial charge is 0.317 e. The average molecular weight is 345 g/mol. The molecule has 136 valence electrons. The second-order valence-corrected chi connectivity index (χ2v) is 6.98. The van der Waals surface area contributed by atoms with Crippen molar-refractivity contribution in [3.8, 4) is 0 Å². The molecule has 0 saturated carbocycles. The van der Waals surface area contributed by atoms with Crippen molar-refractivity contribution in [2.45, 2.75) is 38.1 Å². The number of hydrogen-bond donors (Lipinski definition) is 2. The normalized spacial score (nSPS) is 19.6. The highest BCUT2D eigenvalue weighted by Gasteiger charge is 2.24. The molecular weight excluding hydrogens is 318 g/mol. The topological polar surface area (TPSA) is 72.9 Å². The van der Waals surface area contributed by atoms with Gasteiger partial charge in [0.2, 0.25) is 0 Å². The number of rotatable bonds is 5. The fourth-order valence-electron chi connectivity index (χ4n) is 3.77. The number of anilines is 1. The van der Waals surface area contributed by atoms with Crippen LogP contribution >= 0.6 is 0 Å². The summed E-state index contributed by atoms with van der Waals surface area (Å²) in [6.45, 7) is 3.53. The second-order valence-electron chi connectivity index (χ2n) is 6.98. The van der Waals surface area contributed by atoms with Gasteiger partial charge < -0.3 is 15.3 Å². The summed E-state index contributed by atoms with van der Waals surface area (Å²) in [7, 11) is 0. The number of para-hydroxylation sites is 1. The van der Waals surface area contributed by atoms with Crippen LogP contribution in [-0.2, 0) is 4.79 Å². The monoisotopic (exact) mass is 345 g/mol. The summed E-state index contributed by atoms with van der Waals surface area (Å²) in [6.07, 6.45) is 5.21. The molecule has 0 unspecified atom stereocenters. The van der Waals surface area contributed by atoms with E-state index in [9.17, 15) is 9.59 Å². The molecule has 2 saturated heterocycles. The van der Waals surface area contributed by atoms with E-state index in [-0.39, 0.29) is 18.5 Å². The maximum Gasteiger partial charge on any atom is 0.317 e. The van der Waals surface area contributed by atoms with Crippen molar-refractivity contribution in [2.75, 3.05) is 37.6 Å². The van der Waals surface area contributed by atoms with Gasteiger partial charge in [-0.3, -0.25) is 14.5 Å². The minimum absolute atomic E-state index is 0.0159. The van der Waals surface area contributed by atoms with Crippen LogP contribution in [0.4, 0.5) is 5.69 Å². The summed E-state index contributed by atoms with van der Waals surface area (Å²) in [5.74, 6) is -0.809. The molecule has 3 rings (SSSR count). The summed E-state index contributed by atoms with van der Waals surface area (Å²) < 4.78 is 0. The number of nitrogens with one attached hydrogen (secondary N) is 1. The quantitative estimate of drug-likeness (QED) is 0.853. The summed E-state index contributed by atoms with van der Waals surface area (Å²) in [5.41, 5.74) is 1.78. The standard InChI is InChI=1S/C19H27N3O3/c23-18(24)14-21-12-8-15(9-13-21)20-19(25)16-6-2-3-7-17(16)22-10-4-1-5-11-22/h2-3,6-7,15H,1,4-5,8-14H2,(H,20,25)(H,23,24). The number of carbonyl (C=O) groups excluding carboxylic acids is 1. The highest BCUT2D eigenvalue weighted by molar-refractivity contribution is 6.00. The Labute approximate surface area is 148 Å². The minimum atomic E-state index is -0.794. The SMILES string of the molecule is O=C(O)CN1CCC(NC(=O)c2ccccc2N2CCCCC2)CC1. The molecule has 2 N–H and O–H groups in total. The number of nitrogens with zero attached hydrogens (tertiary/aromatic N) is 2. The van der Waals surface area contributed by atoms with Gasteiger partial charge in [-0.25, -0.2) is 0 Å². The van der Waals surface area contributed by atoms with Gasteiger partial charge in [-0.2, -0.15) is 0 Å². The van der Waals surface area contributed by atoms with Crippen LogP contribution in [0.5, 0.6) is 0 Å². The zero-order valence-electron chi connectivity index (χ0n) is 14.6. The Kier molecular flexibility index (Phi) is 5.91. The molecule has 0 bridgehead atoms. The molecule has 0 aromatic heterocycles. The molecule has 6 heteroatoms. The largest absolute Gasteiger partial charge is 0.480 e. The van der Waals surface area contributed by atoms with Gasteiger partial charge >= 0.3 is 5.97 Å². The number of carboxylic acids is 1. The van der Waals surface area contributed by atoms with Crippen LogP contribution in [0.25, 0.3) is 0 Å². The van der Waals surface area contributed by atoms with Gasteiger partial charge in [-0.1, -0.05) is 12.1 Å². The van der Waals surface area contributed by atoms with Gasteiger partial charge in [0, 0.05) is 37.9 Å². The van der Waals surface area contributed by atoms with E-state index in [4.69, 9.17) is 5.11 Å². The maximum atomic E-state index is 12.8. The van der Waals surface area contributed by atoms with Crippen LogP contribution < -0.4 is 10.2 Å². The number of benzene rings is 1. The third kappa shape index (κ3) is 4.72. The Bertz CT molecular complexity index is 606. The number of hydrogen-bond acceptors (Lipinski definition) is 4. The third-order valence-electron chi connectivity index (χ3n) is 5.13. The lowest BCUT2D eigenvalue weighted by molar-refractivity contribution is -0.138. The first-order valence-electron chi connectivity index (χ1n) is 9.22. The molecule has 2 heterocycles. The van der Waals surface area contributed by atoms with Crippen molar-refractivity contribution in [3.63, 3.8) is 0 Å². The summed E-state index contributed by atoms with van der Waals surface area (Å²) in [6, 6.07) is 7.96. The highest BCUT2D eigenvalue weighted by Crippen LogP contribution is 2.24. The fraction of sp³-hybridized carbons (Fsp3) is 0.579. The minimum Gasteiger partial charge on any atom is -0.480 e. The number of carbonyl (C=O) groups is 2.